The van der Waals surface area contributed by atoms with Crippen LogP contribution in [0.2, 0.25) is 10.0 Å². The molecule has 1 N–H and O–H groups in total. The van der Waals surface area contributed by atoms with E-state index in [1.54, 1.807) is 28.9 Å². The van der Waals surface area contributed by atoms with E-state index in [1.165, 1.54) is 0 Å². The lowest BCUT2D eigenvalue weighted by atomic mass is 9.88. The first kappa shape index (κ1) is 19.0. The molecule has 0 bridgehead atoms. The zero-order valence-electron chi connectivity index (χ0n) is 15.6. The van der Waals surface area contributed by atoms with E-state index in [9.17, 15) is 4.79 Å². The highest BCUT2D eigenvalue weighted by atomic mass is 35.5. The fourth-order valence-corrected chi connectivity index (χ4v) is 4.01. The Morgan fingerprint density at radius 2 is 2.11 bits per heavy atom. The van der Waals surface area contributed by atoms with Crippen molar-refractivity contribution in [3.63, 3.8) is 0 Å². The Balaban J connectivity index is 1.53. The summed E-state index contributed by atoms with van der Waals surface area (Å²) in [5.41, 5.74) is 2.93. The van der Waals surface area contributed by atoms with Crippen LogP contribution in [-0.2, 0) is 19.4 Å². The number of nitrogens with zero attached hydrogens (tertiary/aromatic N) is 3. The third kappa shape index (κ3) is 3.66. The number of aromatic nitrogens is 3. The van der Waals surface area contributed by atoms with Gasteiger partial charge < -0.3 is 9.84 Å². The van der Waals surface area contributed by atoms with E-state index in [0.29, 0.717) is 34.0 Å². The van der Waals surface area contributed by atoms with Gasteiger partial charge in [0.2, 0.25) is 0 Å². The highest BCUT2D eigenvalue weighted by Crippen LogP contribution is 2.29. The first-order valence-corrected chi connectivity index (χ1v) is 9.94. The van der Waals surface area contributed by atoms with Gasteiger partial charge in [0.25, 0.3) is 5.91 Å². The Morgan fingerprint density at radius 1 is 1.36 bits per heavy atom. The first-order chi connectivity index (χ1) is 13.4. The number of hydrogen-bond acceptors (Lipinski definition) is 4. The lowest BCUT2D eigenvalue weighted by molar-refractivity contribution is 0.101. The summed E-state index contributed by atoms with van der Waals surface area (Å²) in [4.78, 5) is 12.7. The van der Waals surface area contributed by atoms with Crippen LogP contribution in [0.1, 0.15) is 46.4 Å². The average Bonchev–Trinajstić information content (AvgIpc) is 3.21. The van der Waals surface area contributed by atoms with Crippen molar-refractivity contribution in [2.45, 2.75) is 39.7 Å². The summed E-state index contributed by atoms with van der Waals surface area (Å²) in [6.07, 6.45) is 2.68. The number of rotatable bonds is 4. The predicted molar refractivity (Wildman–Crippen MR) is 108 cm³/mol. The van der Waals surface area contributed by atoms with Crippen molar-refractivity contribution in [2.75, 3.05) is 5.32 Å². The fourth-order valence-electron chi connectivity index (χ4n) is 3.50. The molecule has 1 aliphatic rings. The molecule has 8 heteroatoms. The fraction of sp³-hybridized carbons (Fsp3) is 0.350. The van der Waals surface area contributed by atoms with Crippen LogP contribution < -0.4 is 5.32 Å². The second-order valence-corrected chi connectivity index (χ2v) is 8.08. The maximum atomic E-state index is 12.7. The zero-order chi connectivity index (χ0) is 19.8. The number of halogens is 2. The van der Waals surface area contributed by atoms with Crippen LogP contribution in [0, 0.1) is 12.8 Å². The Kier molecular flexibility index (Phi) is 5.17. The molecule has 2 aromatic heterocycles. The molecule has 4 rings (SSSR count). The predicted octanol–water partition coefficient (Wildman–Crippen LogP) is 4.91. The van der Waals surface area contributed by atoms with E-state index >= 15 is 0 Å². The Morgan fingerprint density at radius 3 is 2.86 bits per heavy atom. The molecule has 28 heavy (non-hydrogen) atoms. The lowest BCUT2D eigenvalue weighted by Crippen LogP contribution is -2.18. The number of fused-ring (bicyclic) bond motifs is 1. The van der Waals surface area contributed by atoms with Crippen molar-refractivity contribution >= 4 is 34.9 Å². The Hall–Kier alpha value is -2.31. The molecule has 0 aliphatic heterocycles. The van der Waals surface area contributed by atoms with Crippen LogP contribution in [0.5, 0.6) is 0 Å². The molecule has 6 nitrogen and oxygen atoms in total. The van der Waals surface area contributed by atoms with Crippen LogP contribution in [0.3, 0.4) is 0 Å². The van der Waals surface area contributed by atoms with Gasteiger partial charge in [0.15, 0.2) is 11.5 Å². The van der Waals surface area contributed by atoms with E-state index < -0.39 is 0 Å². The summed E-state index contributed by atoms with van der Waals surface area (Å²) in [7, 11) is 0. The number of carbonyl (C=O) groups excluding carboxylic acids is 1. The summed E-state index contributed by atoms with van der Waals surface area (Å²) in [6.45, 7) is 4.49. The zero-order valence-corrected chi connectivity index (χ0v) is 17.1. The van der Waals surface area contributed by atoms with E-state index in [1.807, 2.05) is 6.92 Å². The molecule has 2 heterocycles. The SMILES string of the molecule is Cc1cc(NC(=O)c2noc3c2CC(C)CC3)nn1Cc1c(Cl)cccc1Cl. The van der Waals surface area contributed by atoms with Crippen molar-refractivity contribution < 1.29 is 9.32 Å². The van der Waals surface area contributed by atoms with Gasteiger partial charge in [-0.3, -0.25) is 9.48 Å². The topological polar surface area (TPSA) is 73.0 Å². The van der Waals surface area contributed by atoms with Crippen LogP contribution in [0.4, 0.5) is 5.82 Å². The molecule has 1 aromatic carbocycles. The minimum Gasteiger partial charge on any atom is -0.360 e. The number of benzene rings is 1. The van der Waals surface area contributed by atoms with Crippen LogP contribution >= 0.6 is 23.2 Å². The molecule has 1 atom stereocenters. The lowest BCUT2D eigenvalue weighted by Gasteiger charge is -2.16. The van der Waals surface area contributed by atoms with E-state index in [0.717, 1.165) is 41.8 Å². The Labute approximate surface area is 172 Å². The van der Waals surface area contributed by atoms with Gasteiger partial charge in [-0.05, 0) is 37.8 Å². The minimum atomic E-state index is -0.306. The number of anilines is 1. The molecule has 3 aromatic rings. The quantitative estimate of drug-likeness (QED) is 0.652. The van der Waals surface area contributed by atoms with Gasteiger partial charge in [-0.1, -0.05) is 41.3 Å². The van der Waals surface area contributed by atoms with Crippen molar-refractivity contribution in [2.24, 2.45) is 5.92 Å². The highest BCUT2D eigenvalue weighted by Gasteiger charge is 2.27. The number of nitrogens with one attached hydrogen (secondary N) is 1. The van der Waals surface area contributed by atoms with E-state index in [4.69, 9.17) is 27.7 Å². The van der Waals surface area contributed by atoms with Crippen LogP contribution in [0.25, 0.3) is 0 Å². The summed E-state index contributed by atoms with van der Waals surface area (Å²) in [5.74, 6) is 1.48. The van der Waals surface area contributed by atoms with Gasteiger partial charge in [0, 0.05) is 39.4 Å². The normalized spacial score (nSPS) is 16.1. The van der Waals surface area contributed by atoms with Gasteiger partial charge >= 0.3 is 0 Å². The van der Waals surface area contributed by atoms with Crippen molar-refractivity contribution in [1.82, 2.24) is 14.9 Å². The number of hydrogen-bond donors (Lipinski definition) is 1. The molecular formula is C20H20Cl2N4O2. The smallest absolute Gasteiger partial charge is 0.279 e. The van der Waals surface area contributed by atoms with Gasteiger partial charge in [0.1, 0.15) is 5.76 Å². The van der Waals surface area contributed by atoms with Crippen LogP contribution in [0.15, 0.2) is 28.8 Å². The van der Waals surface area contributed by atoms with Crippen molar-refractivity contribution in [3.05, 3.63) is 62.6 Å². The van der Waals surface area contributed by atoms with Crippen LogP contribution in [-0.4, -0.2) is 20.8 Å². The summed E-state index contributed by atoms with van der Waals surface area (Å²) >= 11 is 12.5. The molecule has 0 radical (unpaired) electrons. The second-order valence-electron chi connectivity index (χ2n) is 7.26. The van der Waals surface area contributed by atoms with E-state index in [-0.39, 0.29) is 5.91 Å². The molecule has 0 spiro atoms. The number of aryl methyl sites for hydroxylation is 2. The Bertz CT molecular complexity index is 1020. The summed E-state index contributed by atoms with van der Waals surface area (Å²) in [5, 5.41) is 12.5. The average molecular weight is 419 g/mol. The number of amides is 1. The van der Waals surface area contributed by atoms with E-state index in [2.05, 4.69) is 22.5 Å². The standard InChI is InChI=1S/C20H20Cl2N4O2/c1-11-6-7-17-13(8-11)19(25-28-17)20(27)23-18-9-12(2)26(24-18)10-14-15(21)4-3-5-16(14)22/h3-5,9,11H,6-8,10H2,1-2H3,(H,23,24,27). The monoisotopic (exact) mass is 418 g/mol. The molecule has 1 unspecified atom stereocenters. The summed E-state index contributed by atoms with van der Waals surface area (Å²) in [6, 6.07) is 7.19. The largest absolute Gasteiger partial charge is 0.360 e. The third-order valence-electron chi connectivity index (χ3n) is 5.09. The molecule has 1 amide bonds. The summed E-state index contributed by atoms with van der Waals surface area (Å²) < 4.78 is 7.12. The molecular weight excluding hydrogens is 399 g/mol. The van der Waals surface area contributed by atoms with Crippen molar-refractivity contribution in [1.29, 1.82) is 0 Å². The number of carbonyl (C=O) groups is 1. The molecule has 0 saturated carbocycles. The molecule has 146 valence electrons. The minimum absolute atomic E-state index is 0.306. The van der Waals surface area contributed by atoms with Gasteiger partial charge in [-0.25, -0.2) is 0 Å². The highest BCUT2D eigenvalue weighted by molar-refractivity contribution is 6.35. The van der Waals surface area contributed by atoms with Crippen molar-refractivity contribution in [3.8, 4) is 0 Å². The molecule has 1 aliphatic carbocycles. The third-order valence-corrected chi connectivity index (χ3v) is 5.80. The second kappa shape index (κ2) is 7.60. The van der Waals surface area contributed by atoms with Gasteiger partial charge in [-0.15, -0.1) is 0 Å². The molecule has 0 fully saturated rings. The first-order valence-electron chi connectivity index (χ1n) is 9.18. The maximum absolute atomic E-state index is 12.7. The van der Waals surface area contributed by atoms with Gasteiger partial charge in [0.05, 0.1) is 6.54 Å². The molecule has 0 saturated heterocycles. The van der Waals surface area contributed by atoms with Gasteiger partial charge in [-0.2, -0.15) is 5.10 Å². The maximum Gasteiger partial charge on any atom is 0.279 e.